The van der Waals surface area contributed by atoms with E-state index in [0.29, 0.717) is 19.8 Å². The highest BCUT2D eigenvalue weighted by Gasteiger charge is 2.23. The Morgan fingerprint density at radius 3 is 2.88 bits per heavy atom. The molecule has 1 heterocycles. The zero-order chi connectivity index (χ0) is 12.5. The number of nitrogens with one attached hydrogen (secondary N) is 2. The normalized spacial score (nSPS) is 19.0. The number of amides is 2. The van der Waals surface area contributed by atoms with Gasteiger partial charge in [0, 0.05) is 26.9 Å². The predicted octanol–water partition coefficient (Wildman–Crippen LogP) is -0.566. The van der Waals surface area contributed by atoms with Crippen molar-refractivity contribution in [1.29, 1.82) is 0 Å². The van der Waals surface area contributed by atoms with Gasteiger partial charge >= 0.3 is 0 Å². The fourth-order valence-corrected chi connectivity index (χ4v) is 1.57. The van der Waals surface area contributed by atoms with Crippen LogP contribution in [-0.4, -0.2) is 51.3 Å². The summed E-state index contributed by atoms with van der Waals surface area (Å²) in [6, 6.07) is 0. The lowest BCUT2D eigenvalue weighted by Crippen LogP contribution is -2.41. The molecule has 0 radical (unpaired) electrons. The van der Waals surface area contributed by atoms with Crippen molar-refractivity contribution in [3.8, 4) is 0 Å². The summed E-state index contributed by atoms with van der Waals surface area (Å²) in [7, 11) is 1.61. The number of carbonyl (C=O) groups is 2. The second-order valence-electron chi connectivity index (χ2n) is 3.92. The molecule has 0 aromatic rings. The van der Waals surface area contributed by atoms with Crippen LogP contribution in [0.2, 0.25) is 0 Å². The van der Waals surface area contributed by atoms with Crippen LogP contribution in [0.15, 0.2) is 0 Å². The Hall–Kier alpha value is -1.14. The van der Waals surface area contributed by atoms with Crippen molar-refractivity contribution in [2.24, 2.45) is 0 Å². The van der Waals surface area contributed by atoms with Gasteiger partial charge in [-0.2, -0.15) is 0 Å². The van der Waals surface area contributed by atoms with Crippen LogP contribution in [0.1, 0.15) is 19.3 Å². The summed E-state index contributed by atoms with van der Waals surface area (Å²) in [6.07, 6.45) is 2.03. The molecule has 6 nitrogen and oxygen atoms in total. The molecule has 0 spiro atoms. The van der Waals surface area contributed by atoms with E-state index in [4.69, 9.17) is 9.47 Å². The van der Waals surface area contributed by atoms with Crippen molar-refractivity contribution in [3.05, 3.63) is 0 Å². The molecule has 17 heavy (non-hydrogen) atoms. The van der Waals surface area contributed by atoms with Crippen molar-refractivity contribution in [3.63, 3.8) is 0 Å². The van der Waals surface area contributed by atoms with Crippen molar-refractivity contribution in [2.45, 2.75) is 25.4 Å². The average Bonchev–Trinajstić information content (AvgIpc) is 2.85. The maximum Gasteiger partial charge on any atom is 0.249 e. The Bertz CT molecular complexity index is 252. The Morgan fingerprint density at radius 1 is 1.41 bits per heavy atom. The lowest BCUT2D eigenvalue weighted by atomic mass is 10.2. The van der Waals surface area contributed by atoms with Crippen LogP contribution in [0.25, 0.3) is 0 Å². The quantitative estimate of drug-likeness (QED) is 0.588. The van der Waals surface area contributed by atoms with Crippen molar-refractivity contribution in [2.75, 3.05) is 33.4 Å². The molecule has 1 saturated heterocycles. The molecule has 6 heteroatoms. The van der Waals surface area contributed by atoms with Gasteiger partial charge in [-0.1, -0.05) is 0 Å². The number of hydrogen-bond acceptors (Lipinski definition) is 4. The van der Waals surface area contributed by atoms with Crippen LogP contribution in [0, 0.1) is 0 Å². The molecule has 2 N–H and O–H groups in total. The molecule has 1 aliphatic rings. The van der Waals surface area contributed by atoms with Crippen molar-refractivity contribution >= 4 is 11.8 Å². The van der Waals surface area contributed by atoms with E-state index in [2.05, 4.69) is 10.6 Å². The molecule has 0 aromatic heterocycles. The topological polar surface area (TPSA) is 76.7 Å². The highest BCUT2D eigenvalue weighted by molar-refractivity contribution is 5.86. The lowest BCUT2D eigenvalue weighted by molar-refractivity contribution is -0.132. The Morgan fingerprint density at radius 2 is 2.24 bits per heavy atom. The van der Waals surface area contributed by atoms with Gasteiger partial charge in [0.2, 0.25) is 11.8 Å². The molecule has 98 valence electrons. The summed E-state index contributed by atoms with van der Waals surface area (Å²) in [4.78, 5) is 22.8. The molecule has 0 aliphatic carbocycles. The first-order chi connectivity index (χ1) is 8.24. The van der Waals surface area contributed by atoms with Gasteiger partial charge in [-0.3, -0.25) is 9.59 Å². The zero-order valence-corrected chi connectivity index (χ0v) is 10.2. The third-order valence-electron chi connectivity index (χ3n) is 2.49. The maximum absolute atomic E-state index is 11.5. The molecule has 1 aliphatic heterocycles. The number of ether oxygens (including phenoxy) is 2. The van der Waals surface area contributed by atoms with E-state index in [1.807, 2.05) is 0 Å². The molecular weight excluding hydrogens is 224 g/mol. The third-order valence-corrected chi connectivity index (χ3v) is 2.49. The van der Waals surface area contributed by atoms with E-state index in [1.54, 1.807) is 7.11 Å². The van der Waals surface area contributed by atoms with E-state index >= 15 is 0 Å². The molecule has 0 saturated carbocycles. The van der Waals surface area contributed by atoms with Crippen LogP contribution in [0.4, 0.5) is 0 Å². The van der Waals surface area contributed by atoms with Crippen LogP contribution >= 0.6 is 0 Å². The standard InChI is InChI=1S/C11H20N2O4/c1-16-6-3-5-12-10(14)8-13-11(15)9-4-2-7-17-9/h9H,2-8H2,1H3,(H,12,14)(H,13,15). The molecule has 0 aromatic carbocycles. The summed E-state index contributed by atoms with van der Waals surface area (Å²) in [5, 5.41) is 5.25. The second kappa shape index (κ2) is 8.03. The summed E-state index contributed by atoms with van der Waals surface area (Å²) < 4.78 is 10.1. The van der Waals surface area contributed by atoms with Crippen LogP contribution in [0.3, 0.4) is 0 Å². The van der Waals surface area contributed by atoms with Crippen LogP contribution < -0.4 is 10.6 Å². The minimum atomic E-state index is -0.378. The largest absolute Gasteiger partial charge is 0.385 e. The van der Waals surface area contributed by atoms with Crippen molar-refractivity contribution < 1.29 is 19.1 Å². The Kier molecular flexibility index (Phi) is 6.57. The average molecular weight is 244 g/mol. The first kappa shape index (κ1) is 13.9. The lowest BCUT2D eigenvalue weighted by Gasteiger charge is -2.10. The molecular formula is C11H20N2O4. The molecule has 0 bridgehead atoms. The van der Waals surface area contributed by atoms with Gasteiger partial charge in [-0.25, -0.2) is 0 Å². The minimum absolute atomic E-state index is 0.00563. The van der Waals surface area contributed by atoms with Gasteiger partial charge in [-0.15, -0.1) is 0 Å². The third kappa shape index (κ3) is 5.65. The van der Waals surface area contributed by atoms with E-state index in [0.717, 1.165) is 19.3 Å². The minimum Gasteiger partial charge on any atom is -0.385 e. The highest BCUT2D eigenvalue weighted by atomic mass is 16.5. The summed E-state index contributed by atoms with van der Waals surface area (Å²) in [5.74, 6) is -0.387. The number of carbonyl (C=O) groups excluding carboxylic acids is 2. The summed E-state index contributed by atoms with van der Waals surface area (Å²) >= 11 is 0. The van der Waals surface area contributed by atoms with E-state index in [1.165, 1.54) is 0 Å². The van der Waals surface area contributed by atoms with Crippen molar-refractivity contribution in [1.82, 2.24) is 10.6 Å². The molecule has 1 fully saturated rings. The van der Waals surface area contributed by atoms with Gasteiger partial charge in [-0.05, 0) is 19.3 Å². The predicted molar refractivity (Wildman–Crippen MR) is 61.5 cm³/mol. The number of rotatable bonds is 7. The first-order valence-electron chi connectivity index (χ1n) is 5.89. The van der Waals surface area contributed by atoms with Gasteiger partial charge in [0.1, 0.15) is 6.10 Å². The maximum atomic E-state index is 11.5. The summed E-state index contributed by atoms with van der Waals surface area (Å²) in [5.41, 5.74) is 0. The van der Waals surface area contributed by atoms with Gasteiger partial charge in [0.15, 0.2) is 0 Å². The monoisotopic (exact) mass is 244 g/mol. The fraction of sp³-hybridized carbons (Fsp3) is 0.818. The van der Waals surface area contributed by atoms with E-state index in [-0.39, 0.29) is 24.5 Å². The number of methoxy groups -OCH3 is 1. The van der Waals surface area contributed by atoms with Gasteiger partial charge < -0.3 is 20.1 Å². The highest BCUT2D eigenvalue weighted by Crippen LogP contribution is 2.11. The molecule has 1 atom stereocenters. The van der Waals surface area contributed by atoms with E-state index < -0.39 is 0 Å². The second-order valence-corrected chi connectivity index (χ2v) is 3.92. The van der Waals surface area contributed by atoms with Crippen LogP contribution in [-0.2, 0) is 19.1 Å². The SMILES string of the molecule is COCCCNC(=O)CNC(=O)C1CCCO1. The Balaban J connectivity index is 2.04. The first-order valence-corrected chi connectivity index (χ1v) is 5.89. The smallest absolute Gasteiger partial charge is 0.249 e. The van der Waals surface area contributed by atoms with Gasteiger partial charge in [0.25, 0.3) is 0 Å². The van der Waals surface area contributed by atoms with Gasteiger partial charge in [0.05, 0.1) is 6.54 Å². The fourth-order valence-electron chi connectivity index (χ4n) is 1.57. The Labute approximate surface area is 101 Å². The molecule has 2 amide bonds. The zero-order valence-electron chi connectivity index (χ0n) is 10.2. The molecule has 1 unspecified atom stereocenters. The molecule has 1 rings (SSSR count). The van der Waals surface area contributed by atoms with E-state index in [9.17, 15) is 9.59 Å². The van der Waals surface area contributed by atoms with Crippen LogP contribution in [0.5, 0.6) is 0 Å². The summed E-state index contributed by atoms with van der Waals surface area (Å²) in [6.45, 7) is 1.80. The number of hydrogen-bond donors (Lipinski definition) is 2.